The van der Waals surface area contributed by atoms with Gasteiger partial charge in [-0.1, -0.05) is 6.92 Å². The molecular formula is C13H20O4. The Hall–Kier alpha value is -1.42. The van der Waals surface area contributed by atoms with Crippen molar-refractivity contribution in [3.05, 3.63) is 17.7 Å². The molecule has 0 fully saturated rings. The highest BCUT2D eigenvalue weighted by Gasteiger charge is 2.18. The van der Waals surface area contributed by atoms with Crippen LogP contribution in [-0.4, -0.2) is 33.0 Å². The van der Waals surface area contributed by atoms with E-state index in [9.17, 15) is 5.11 Å². The molecule has 0 saturated heterocycles. The second-order valence-electron chi connectivity index (χ2n) is 3.74. The van der Waals surface area contributed by atoms with Gasteiger partial charge in [0.25, 0.3) is 0 Å². The number of ether oxygens (including phenoxy) is 3. The second kappa shape index (κ2) is 6.35. The fourth-order valence-electron chi connectivity index (χ4n) is 1.82. The smallest absolute Gasteiger partial charge is 0.164 e. The van der Waals surface area contributed by atoms with Gasteiger partial charge in [-0.05, 0) is 12.5 Å². The van der Waals surface area contributed by atoms with E-state index in [-0.39, 0.29) is 12.5 Å². The molecule has 1 aromatic rings. The zero-order valence-electron chi connectivity index (χ0n) is 10.8. The van der Waals surface area contributed by atoms with Gasteiger partial charge in [-0.2, -0.15) is 0 Å². The SMILES string of the molecule is CCC(CO)c1cc(OC)c(OC)cc1OC. The molecule has 0 radical (unpaired) electrons. The number of rotatable bonds is 6. The van der Waals surface area contributed by atoms with Crippen LogP contribution in [0.1, 0.15) is 24.8 Å². The number of methoxy groups -OCH3 is 3. The van der Waals surface area contributed by atoms with Crippen molar-refractivity contribution in [2.75, 3.05) is 27.9 Å². The highest BCUT2D eigenvalue weighted by Crippen LogP contribution is 2.38. The molecule has 4 nitrogen and oxygen atoms in total. The molecule has 0 heterocycles. The molecule has 4 heteroatoms. The van der Waals surface area contributed by atoms with Crippen LogP contribution < -0.4 is 14.2 Å². The fraction of sp³-hybridized carbons (Fsp3) is 0.538. The van der Waals surface area contributed by atoms with Crippen LogP contribution in [0.2, 0.25) is 0 Å². The summed E-state index contributed by atoms with van der Waals surface area (Å²) in [5, 5.41) is 9.36. The second-order valence-corrected chi connectivity index (χ2v) is 3.74. The lowest BCUT2D eigenvalue weighted by molar-refractivity contribution is 0.258. The fourth-order valence-corrected chi connectivity index (χ4v) is 1.82. The summed E-state index contributed by atoms with van der Waals surface area (Å²) in [6.07, 6.45) is 0.836. The molecule has 0 bridgehead atoms. The van der Waals surface area contributed by atoms with Crippen LogP contribution >= 0.6 is 0 Å². The highest BCUT2D eigenvalue weighted by atomic mass is 16.5. The van der Waals surface area contributed by atoms with E-state index >= 15 is 0 Å². The molecule has 1 rings (SSSR count). The van der Waals surface area contributed by atoms with Crippen LogP contribution in [-0.2, 0) is 0 Å². The quantitative estimate of drug-likeness (QED) is 0.828. The monoisotopic (exact) mass is 240 g/mol. The van der Waals surface area contributed by atoms with Crippen molar-refractivity contribution in [3.63, 3.8) is 0 Å². The van der Waals surface area contributed by atoms with Gasteiger partial charge in [0.15, 0.2) is 11.5 Å². The molecule has 0 aromatic heterocycles. The first kappa shape index (κ1) is 13.6. The summed E-state index contributed by atoms with van der Waals surface area (Å²) < 4.78 is 15.8. The standard InChI is InChI=1S/C13H20O4/c1-5-9(8-14)10-6-12(16-3)13(17-4)7-11(10)15-2/h6-7,9,14H,5,8H2,1-4H3. The molecule has 0 amide bonds. The first-order valence-corrected chi connectivity index (χ1v) is 5.62. The molecule has 0 aliphatic rings. The Morgan fingerprint density at radius 2 is 1.53 bits per heavy atom. The van der Waals surface area contributed by atoms with Crippen LogP contribution in [0.5, 0.6) is 17.2 Å². The minimum Gasteiger partial charge on any atom is -0.496 e. The number of hydrogen-bond donors (Lipinski definition) is 1. The van der Waals surface area contributed by atoms with E-state index in [1.165, 1.54) is 0 Å². The van der Waals surface area contributed by atoms with Crippen molar-refractivity contribution in [1.82, 2.24) is 0 Å². The molecule has 1 unspecified atom stereocenters. The maximum Gasteiger partial charge on any atom is 0.164 e. The highest BCUT2D eigenvalue weighted by molar-refractivity contribution is 5.52. The van der Waals surface area contributed by atoms with E-state index in [0.717, 1.165) is 12.0 Å². The zero-order valence-corrected chi connectivity index (χ0v) is 10.8. The maximum absolute atomic E-state index is 9.36. The van der Waals surface area contributed by atoms with Crippen LogP contribution in [0.4, 0.5) is 0 Å². The zero-order chi connectivity index (χ0) is 12.8. The van der Waals surface area contributed by atoms with Crippen molar-refractivity contribution in [3.8, 4) is 17.2 Å². The van der Waals surface area contributed by atoms with E-state index < -0.39 is 0 Å². The van der Waals surface area contributed by atoms with Crippen molar-refractivity contribution in [2.24, 2.45) is 0 Å². The van der Waals surface area contributed by atoms with Crippen molar-refractivity contribution < 1.29 is 19.3 Å². The Labute approximate surface area is 102 Å². The van der Waals surface area contributed by atoms with Crippen molar-refractivity contribution in [1.29, 1.82) is 0 Å². The van der Waals surface area contributed by atoms with E-state index in [0.29, 0.717) is 17.2 Å². The molecule has 0 spiro atoms. The Balaban J connectivity index is 3.27. The van der Waals surface area contributed by atoms with Gasteiger partial charge < -0.3 is 19.3 Å². The Kier molecular flexibility index (Phi) is 5.10. The maximum atomic E-state index is 9.36. The molecule has 17 heavy (non-hydrogen) atoms. The van der Waals surface area contributed by atoms with Crippen LogP contribution in [0.3, 0.4) is 0 Å². The molecule has 1 atom stereocenters. The van der Waals surface area contributed by atoms with Crippen molar-refractivity contribution >= 4 is 0 Å². The molecule has 0 saturated carbocycles. The number of aliphatic hydroxyl groups is 1. The summed E-state index contributed by atoms with van der Waals surface area (Å²) in [7, 11) is 4.78. The lowest BCUT2D eigenvalue weighted by atomic mass is 9.96. The predicted molar refractivity (Wildman–Crippen MR) is 66.2 cm³/mol. The van der Waals surface area contributed by atoms with Gasteiger partial charge in [0.2, 0.25) is 0 Å². The van der Waals surface area contributed by atoms with E-state index in [4.69, 9.17) is 14.2 Å². The lowest BCUT2D eigenvalue weighted by Gasteiger charge is -2.18. The van der Waals surface area contributed by atoms with Crippen LogP contribution in [0.15, 0.2) is 12.1 Å². The molecule has 0 aliphatic carbocycles. The number of aliphatic hydroxyl groups excluding tert-OH is 1. The van der Waals surface area contributed by atoms with Crippen LogP contribution in [0, 0.1) is 0 Å². The Bertz CT molecular complexity index is 359. The van der Waals surface area contributed by atoms with Gasteiger partial charge >= 0.3 is 0 Å². The third-order valence-corrected chi connectivity index (χ3v) is 2.89. The number of hydrogen-bond acceptors (Lipinski definition) is 4. The van der Waals surface area contributed by atoms with Gasteiger partial charge in [0, 0.05) is 17.5 Å². The van der Waals surface area contributed by atoms with E-state index in [2.05, 4.69) is 0 Å². The Morgan fingerprint density at radius 1 is 1.00 bits per heavy atom. The lowest BCUT2D eigenvalue weighted by Crippen LogP contribution is -2.06. The first-order chi connectivity index (χ1) is 8.21. The van der Waals surface area contributed by atoms with Crippen molar-refractivity contribution in [2.45, 2.75) is 19.3 Å². The summed E-state index contributed by atoms with van der Waals surface area (Å²) in [4.78, 5) is 0. The molecular weight excluding hydrogens is 220 g/mol. The topological polar surface area (TPSA) is 47.9 Å². The summed E-state index contributed by atoms with van der Waals surface area (Å²) in [5.41, 5.74) is 0.940. The summed E-state index contributed by atoms with van der Waals surface area (Å²) >= 11 is 0. The van der Waals surface area contributed by atoms with Gasteiger partial charge in [0.1, 0.15) is 5.75 Å². The van der Waals surface area contributed by atoms with Gasteiger partial charge in [-0.15, -0.1) is 0 Å². The predicted octanol–water partition coefficient (Wildman–Crippen LogP) is 2.20. The average Bonchev–Trinajstić information content (AvgIpc) is 2.39. The van der Waals surface area contributed by atoms with Gasteiger partial charge in [-0.3, -0.25) is 0 Å². The average molecular weight is 240 g/mol. The largest absolute Gasteiger partial charge is 0.496 e. The minimum absolute atomic E-state index is 0.0461. The molecule has 96 valence electrons. The minimum atomic E-state index is 0.0461. The number of benzene rings is 1. The summed E-state index contributed by atoms with van der Waals surface area (Å²) in [5.74, 6) is 2.03. The van der Waals surface area contributed by atoms with E-state index in [1.807, 2.05) is 13.0 Å². The van der Waals surface area contributed by atoms with Crippen LogP contribution in [0.25, 0.3) is 0 Å². The summed E-state index contributed by atoms with van der Waals surface area (Å²) in [6.45, 7) is 2.11. The van der Waals surface area contributed by atoms with Gasteiger partial charge in [0.05, 0.1) is 27.9 Å². The molecule has 1 N–H and O–H groups in total. The Morgan fingerprint density at radius 3 is 1.94 bits per heavy atom. The summed E-state index contributed by atoms with van der Waals surface area (Å²) in [6, 6.07) is 3.65. The van der Waals surface area contributed by atoms with Gasteiger partial charge in [-0.25, -0.2) is 0 Å². The third-order valence-electron chi connectivity index (χ3n) is 2.89. The first-order valence-electron chi connectivity index (χ1n) is 5.62. The molecule has 1 aromatic carbocycles. The third kappa shape index (κ3) is 2.82. The molecule has 0 aliphatic heterocycles. The normalized spacial score (nSPS) is 12.1. The van der Waals surface area contributed by atoms with E-state index in [1.54, 1.807) is 27.4 Å².